The highest BCUT2D eigenvalue weighted by atomic mass is 32.2. The number of morpholine rings is 1. The summed E-state index contributed by atoms with van der Waals surface area (Å²) in [5, 5.41) is 2.85. The van der Waals surface area contributed by atoms with Crippen molar-refractivity contribution in [2.24, 2.45) is 5.92 Å². The Morgan fingerprint density at radius 2 is 1.89 bits per heavy atom. The van der Waals surface area contributed by atoms with Gasteiger partial charge in [0.15, 0.2) is 0 Å². The predicted molar refractivity (Wildman–Crippen MR) is 106 cm³/mol. The molecule has 1 N–H and O–H groups in total. The molecule has 28 heavy (non-hydrogen) atoms. The summed E-state index contributed by atoms with van der Waals surface area (Å²) in [6, 6.07) is 4.57. The number of rotatable bonds is 6. The molecule has 0 unspecified atom stereocenters. The number of amides is 1. The Morgan fingerprint density at radius 3 is 2.54 bits per heavy atom. The van der Waals surface area contributed by atoms with Crippen molar-refractivity contribution in [2.45, 2.75) is 24.2 Å². The molecule has 1 amide bonds. The van der Waals surface area contributed by atoms with Crippen LogP contribution in [0.2, 0.25) is 0 Å². The van der Waals surface area contributed by atoms with E-state index < -0.39 is 10.0 Å². The molecule has 0 atom stereocenters. The minimum absolute atomic E-state index is 0.117. The molecule has 156 valence electrons. The van der Waals surface area contributed by atoms with Crippen molar-refractivity contribution in [3.8, 4) is 5.75 Å². The lowest BCUT2D eigenvalue weighted by Gasteiger charge is -2.28. The molecule has 0 radical (unpaired) electrons. The highest BCUT2D eigenvalue weighted by Gasteiger charge is 2.27. The van der Waals surface area contributed by atoms with E-state index in [9.17, 15) is 13.2 Å². The lowest BCUT2D eigenvalue weighted by atomic mass is 9.93. The van der Waals surface area contributed by atoms with Crippen LogP contribution in [0, 0.1) is 5.92 Å². The largest absolute Gasteiger partial charge is 0.495 e. The van der Waals surface area contributed by atoms with E-state index in [2.05, 4.69) is 17.3 Å². The standard InChI is InChI=1S/C19H29N3O5S/c1-21-7-5-15(6-8-21)13-19(23)20-17-14-16(3-4-18(17)26-2)28(24,25)22-9-11-27-12-10-22/h3-4,14-15H,5-13H2,1-2H3,(H,20,23). The Morgan fingerprint density at radius 1 is 1.21 bits per heavy atom. The fraction of sp³-hybridized carbons (Fsp3) is 0.632. The van der Waals surface area contributed by atoms with Gasteiger partial charge in [0.05, 0.1) is 30.9 Å². The van der Waals surface area contributed by atoms with Gasteiger partial charge in [-0.1, -0.05) is 0 Å². The lowest BCUT2D eigenvalue weighted by Crippen LogP contribution is -2.40. The molecule has 2 saturated heterocycles. The van der Waals surface area contributed by atoms with Gasteiger partial charge in [-0.05, 0) is 57.1 Å². The van der Waals surface area contributed by atoms with E-state index in [1.807, 2.05) is 0 Å². The number of nitrogens with one attached hydrogen (secondary N) is 1. The Labute approximate surface area is 166 Å². The minimum atomic E-state index is -3.64. The van der Waals surface area contributed by atoms with Crippen LogP contribution in [0.25, 0.3) is 0 Å². The van der Waals surface area contributed by atoms with Crippen LogP contribution in [0.4, 0.5) is 5.69 Å². The van der Waals surface area contributed by atoms with Crippen LogP contribution < -0.4 is 10.1 Å². The van der Waals surface area contributed by atoms with E-state index in [1.165, 1.54) is 23.5 Å². The number of hydrogen-bond donors (Lipinski definition) is 1. The Kier molecular flexibility index (Phi) is 6.92. The Bertz CT molecular complexity index is 785. The second-order valence-corrected chi connectivity index (χ2v) is 9.32. The third-order valence-electron chi connectivity index (χ3n) is 5.37. The van der Waals surface area contributed by atoms with E-state index in [4.69, 9.17) is 9.47 Å². The van der Waals surface area contributed by atoms with Crippen molar-refractivity contribution in [1.82, 2.24) is 9.21 Å². The van der Waals surface area contributed by atoms with Crippen molar-refractivity contribution in [3.05, 3.63) is 18.2 Å². The van der Waals surface area contributed by atoms with Gasteiger partial charge < -0.3 is 19.7 Å². The molecular formula is C19H29N3O5S. The molecule has 0 spiro atoms. The fourth-order valence-corrected chi connectivity index (χ4v) is 5.05. The number of carbonyl (C=O) groups is 1. The third-order valence-corrected chi connectivity index (χ3v) is 7.26. The molecule has 2 heterocycles. The molecule has 9 heteroatoms. The van der Waals surface area contributed by atoms with Gasteiger partial charge in [-0.15, -0.1) is 0 Å². The van der Waals surface area contributed by atoms with Crippen LogP contribution in [0.1, 0.15) is 19.3 Å². The SMILES string of the molecule is COc1ccc(S(=O)(=O)N2CCOCC2)cc1NC(=O)CC1CCN(C)CC1. The summed E-state index contributed by atoms with van der Waals surface area (Å²) in [6.45, 7) is 3.41. The topological polar surface area (TPSA) is 88.2 Å². The summed E-state index contributed by atoms with van der Waals surface area (Å²) in [7, 11) is -0.0547. The summed E-state index contributed by atoms with van der Waals surface area (Å²) in [5.74, 6) is 0.675. The second kappa shape index (κ2) is 9.21. The first kappa shape index (κ1) is 21.0. The molecule has 1 aromatic rings. The maximum Gasteiger partial charge on any atom is 0.243 e. The number of methoxy groups -OCH3 is 1. The Balaban J connectivity index is 1.72. The molecule has 0 aliphatic carbocycles. The van der Waals surface area contributed by atoms with Crippen molar-refractivity contribution >= 4 is 21.6 Å². The first-order valence-electron chi connectivity index (χ1n) is 9.64. The molecule has 0 bridgehead atoms. The molecule has 3 rings (SSSR count). The highest BCUT2D eigenvalue weighted by molar-refractivity contribution is 7.89. The number of carbonyl (C=O) groups excluding carboxylic acids is 1. The van der Waals surface area contributed by atoms with E-state index >= 15 is 0 Å². The van der Waals surface area contributed by atoms with Gasteiger partial charge in [-0.3, -0.25) is 4.79 Å². The molecule has 8 nitrogen and oxygen atoms in total. The third kappa shape index (κ3) is 5.02. The van der Waals surface area contributed by atoms with Gasteiger partial charge in [-0.2, -0.15) is 4.31 Å². The average molecular weight is 412 g/mol. The number of ether oxygens (including phenoxy) is 2. The number of likely N-dealkylation sites (tertiary alicyclic amines) is 1. The zero-order valence-electron chi connectivity index (χ0n) is 16.5. The zero-order chi connectivity index (χ0) is 20.1. The van der Waals surface area contributed by atoms with Crippen LogP contribution in [0.3, 0.4) is 0 Å². The maximum atomic E-state index is 12.9. The minimum Gasteiger partial charge on any atom is -0.495 e. The van der Waals surface area contributed by atoms with Gasteiger partial charge in [0.1, 0.15) is 5.75 Å². The maximum absolute atomic E-state index is 12.9. The van der Waals surface area contributed by atoms with E-state index in [1.54, 1.807) is 6.07 Å². The number of sulfonamides is 1. The highest BCUT2D eigenvalue weighted by Crippen LogP contribution is 2.30. The first-order valence-corrected chi connectivity index (χ1v) is 11.1. The van der Waals surface area contributed by atoms with Crippen LogP contribution in [0.5, 0.6) is 5.75 Å². The van der Waals surface area contributed by atoms with E-state index in [-0.39, 0.29) is 10.8 Å². The smallest absolute Gasteiger partial charge is 0.243 e. The summed E-state index contributed by atoms with van der Waals surface area (Å²) in [4.78, 5) is 14.9. The quantitative estimate of drug-likeness (QED) is 0.761. The number of anilines is 1. The van der Waals surface area contributed by atoms with Crippen LogP contribution in [0.15, 0.2) is 23.1 Å². The van der Waals surface area contributed by atoms with Crippen molar-refractivity contribution in [2.75, 3.05) is 58.9 Å². The number of piperidine rings is 1. The predicted octanol–water partition coefficient (Wildman–Crippen LogP) is 1.39. The van der Waals surface area contributed by atoms with Gasteiger partial charge in [-0.25, -0.2) is 8.42 Å². The van der Waals surface area contributed by atoms with Crippen LogP contribution >= 0.6 is 0 Å². The normalized spacial score (nSPS) is 20.1. The molecule has 2 aliphatic rings. The average Bonchev–Trinajstić information content (AvgIpc) is 2.70. The number of hydrogen-bond acceptors (Lipinski definition) is 6. The van der Waals surface area contributed by atoms with E-state index in [0.29, 0.717) is 50.1 Å². The molecule has 2 fully saturated rings. The molecule has 1 aromatic carbocycles. The monoisotopic (exact) mass is 411 g/mol. The molecule has 2 aliphatic heterocycles. The van der Waals surface area contributed by atoms with E-state index in [0.717, 1.165) is 25.9 Å². The van der Waals surface area contributed by atoms with Crippen molar-refractivity contribution in [1.29, 1.82) is 0 Å². The van der Waals surface area contributed by atoms with Gasteiger partial charge in [0.25, 0.3) is 0 Å². The summed E-state index contributed by atoms with van der Waals surface area (Å²) in [5.41, 5.74) is 0.384. The van der Waals surface area contributed by atoms with Gasteiger partial charge in [0.2, 0.25) is 15.9 Å². The summed E-state index contributed by atoms with van der Waals surface area (Å²) in [6.07, 6.45) is 2.41. The van der Waals surface area contributed by atoms with Crippen molar-refractivity contribution < 1.29 is 22.7 Å². The first-order chi connectivity index (χ1) is 13.4. The number of benzene rings is 1. The number of nitrogens with zero attached hydrogens (tertiary/aromatic N) is 2. The molecular weight excluding hydrogens is 382 g/mol. The summed E-state index contributed by atoms with van der Waals surface area (Å²) >= 11 is 0. The van der Waals surface area contributed by atoms with Crippen LogP contribution in [-0.2, 0) is 19.6 Å². The van der Waals surface area contributed by atoms with Gasteiger partial charge in [0, 0.05) is 19.5 Å². The Hall–Kier alpha value is -1.68. The lowest BCUT2D eigenvalue weighted by molar-refractivity contribution is -0.117. The molecule has 0 saturated carbocycles. The van der Waals surface area contributed by atoms with Crippen molar-refractivity contribution in [3.63, 3.8) is 0 Å². The fourth-order valence-electron chi connectivity index (χ4n) is 3.61. The zero-order valence-corrected chi connectivity index (χ0v) is 17.3. The summed E-state index contributed by atoms with van der Waals surface area (Å²) < 4.78 is 37.7. The van der Waals surface area contributed by atoms with Gasteiger partial charge >= 0.3 is 0 Å². The van der Waals surface area contributed by atoms with Crippen LogP contribution in [-0.4, -0.2) is 77.1 Å². The second-order valence-electron chi connectivity index (χ2n) is 7.38. The molecule has 0 aromatic heterocycles.